The lowest BCUT2D eigenvalue weighted by Gasteiger charge is -2.40. The Labute approximate surface area is 139 Å². The zero-order chi connectivity index (χ0) is 13.8. The van der Waals surface area contributed by atoms with E-state index in [9.17, 15) is 4.79 Å². The van der Waals surface area contributed by atoms with Crippen molar-refractivity contribution in [3.63, 3.8) is 0 Å². The fraction of sp³-hybridized carbons (Fsp3) is 0.533. The van der Waals surface area contributed by atoms with E-state index in [0.29, 0.717) is 0 Å². The molecule has 6 heteroatoms. The predicted molar refractivity (Wildman–Crippen MR) is 91.0 cm³/mol. The smallest absolute Gasteiger partial charge is 0.239 e. The van der Waals surface area contributed by atoms with Crippen LogP contribution in [0.3, 0.4) is 0 Å². The number of carbonyl (C=O) groups excluding carboxylic acids is 1. The molecule has 0 unspecified atom stereocenters. The molecule has 1 amide bonds. The molecular weight excluding hydrogens is 309 g/mol. The van der Waals surface area contributed by atoms with E-state index in [1.165, 1.54) is 5.56 Å². The number of carbonyl (C=O) groups is 1. The first kappa shape index (κ1) is 20.2. The van der Waals surface area contributed by atoms with Crippen LogP contribution in [-0.4, -0.2) is 47.4 Å². The van der Waals surface area contributed by atoms with E-state index >= 15 is 0 Å². The Morgan fingerprint density at radius 1 is 1.29 bits per heavy atom. The summed E-state index contributed by atoms with van der Waals surface area (Å²) >= 11 is 0. The van der Waals surface area contributed by atoms with Crippen molar-refractivity contribution in [2.24, 2.45) is 5.73 Å². The molecule has 2 rings (SSSR count). The maximum absolute atomic E-state index is 12.0. The number of hydrogen-bond acceptors (Lipinski definition) is 3. The number of halogens is 2. The number of nitrogens with two attached hydrogens (primary N) is 1. The van der Waals surface area contributed by atoms with E-state index in [0.717, 1.165) is 26.2 Å². The monoisotopic (exact) mass is 333 g/mol. The van der Waals surface area contributed by atoms with Crippen molar-refractivity contribution < 1.29 is 4.79 Å². The summed E-state index contributed by atoms with van der Waals surface area (Å²) in [7, 11) is 0. The van der Waals surface area contributed by atoms with Crippen LogP contribution >= 0.6 is 24.8 Å². The highest BCUT2D eigenvalue weighted by Crippen LogP contribution is 2.13. The maximum atomic E-state index is 12.0. The SMILES string of the molecule is C[C@@H]1CN(Cc2ccccc2)CCN1C(=O)[C@@H](C)N.Cl.Cl. The van der Waals surface area contributed by atoms with Gasteiger partial charge in [0.25, 0.3) is 0 Å². The van der Waals surface area contributed by atoms with Gasteiger partial charge in [-0.2, -0.15) is 0 Å². The highest BCUT2D eigenvalue weighted by molar-refractivity contribution is 5.85. The summed E-state index contributed by atoms with van der Waals surface area (Å²) in [6.45, 7) is 7.40. The van der Waals surface area contributed by atoms with Gasteiger partial charge in [-0.25, -0.2) is 0 Å². The molecule has 120 valence electrons. The van der Waals surface area contributed by atoms with Crippen molar-refractivity contribution in [2.45, 2.75) is 32.5 Å². The number of nitrogens with zero attached hydrogens (tertiary/aromatic N) is 2. The van der Waals surface area contributed by atoms with E-state index in [-0.39, 0.29) is 36.8 Å². The Morgan fingerprint density at radius 2 is 1.90 bits per heavy atom. The number of hydrogen-bond donors (Lipinski definition) is 1. The Kier molecular flexibility index (Phi) is 8.90. The standard InChI is InChI=1S/C15H23N3O.2ClH/c1-12-10-17(11-14-6-4-3-5-7-14)8-9-18(12)15(19)13(2)16;;/h3-7,12-13H,8-11,16H2,1-2H3;2*1H/t12-,13-;;/m1../s1. The number of amides is 1. The van der Waals surface area contributed by atoms with Crippen LogP contribution in [0, 0.1) is 0 Å². The number of benzene rings is 1. The minimum atomic E-state index is -0.400. The topological polar surface area (TPSA) is 49.6 Å². The van der Waals surface area contributed by atoms with Crippen LogP contribution in [0.5, 0.6) is 0 Å². The highest BCUT2D eigenvalue weighted by Gasteiger charge is 2.28. The van der Waals surface area contributed by atoms with Gasteiger partial charge < -0.3 is 10.6 Å². The van der Waals surface area contributed by atoms with Crippen molar-refractivity contribution in [1.82, 2.24) is 9.80 Å². The molecule has 0 saturated carbocycles. The minimum Gasteiger partial charge on any atom is -0.336 e. The van der Waals surface area contributed by atoms with Gasteiger partial charge in [-0.15, -0.1) is 24.8 Å². The van der Waals surface area contributed by atoms with Crippen LogP contribution in [-0.2, 0) is 11.3 Å². The third-order valence-electron chi connectivity index (χ3n) is 3.63. The van der Waals surface area contributed by atoms with Crippen LogP contribution in [0.4, 0.5) is 0 Å². The molecular formula is C15H25Cl2N3O. The molecule has 0 spiro atoms. The van der Waals surface area contributed by atoms with E-state index < -0.39 is 6.04 Å². The van der Waals surface area contributed by atoms with Gasteiger partial charge in [-0.3, -0.25) is 9.69 Å². The van der Waals surface area contributed by atoms with Crippen LogP contribution in [0.15, 0.2) is 30.3 Å². The van der Waals surface area contributed by atoms with Gasteiger partial charge in [0.15, 0.2) is 0 Å². The second-order valence-electron chi connectivity index (χ2n) is 5.39. The van der Waals surface area contributed by atoms with Crippen molar-refractivity contribution in [3.8, 4) is 0 Å². The van der Waals surface area contributed by atoms with Gasteiger partial charge in [-0.05, 0) is 19.4 Å². The average molecular weight is 334 g/mol. The first-order valence-electron chi connectivity index (χ1n) is 6.90. The molecule has 2 N–H and O–H groups in total. The lowest BCUT2D eigenvalue weighted by atomic mass is 10.1. The molecule has 21 heavy (non-hydrogen) atoms. The zero-order valence-corrected chi connectivity index (χ0v) is 14.2. The molecule has 0 radical (unpaired) electrons. The van der Waals surface area contributed by atoms with Gasteiger partial charge in [0.05, 0.1) is 6.04 Å². The van der Waals surface area contributed by atoms with Gasteiger partial charge >= 0.3 is 0 Å². The molecule has 1 aliphatic heterocycles. The fourth-order valence-corrected chi connectivity index (χ4v) is 2.61. The van der Waals surface area contributed by atoms with E-state index in [1.54, 1.807) is 6.92 Å². The summed E-state index contributed by atoms with van der Waals surface area (Å²) in [6, 6.07) is 10.3. The fourth-order valence-electron chi connectivity index (χ4n) is 2.61. The van der Waals surface area contributed by atoms with Crippen LogP contribution < -0.4 is 5.73 Å². The molecule has 1 aliphatic rings. The molecule has 4 nitrogen and oxygen atoms in total. The molecule has 1 heterocycles. The summed E-state index contributed by atoms with van der Waals surface area (Å²) in [5.41, 5.74) is 7.00. The third kappa shape index (κ3) is 5.47. The Balaban J connectivity index is 0.00000200. The van der Waals surface area contributed by atoms with Gasteiger partial charge in [-0.1, -0.05) is 30.3 Å². The van der Waals surface area contributed by atoms with E-state index in [4.69, 9.17) is 5.73 Å². The van der Waals surface area contributed by atoms with Crippen LogP contribution in [0.2, 0.25) is 0 Å². The summed E-state index contributed by atoms with van der Waals surface area (Å²) in [4.78, 5) is 16.3. The molecule has 1 fully saturated rings. The first-order chi connectivity index (χ1) is 9.08. The quantitative estimate of drug-likeness (QED) is 0.919. The third-order valence-corrected chi connectivity index (χ3v) is 3.63. The molecule has 0 bridgehead atoms. The molecule has 0 aromatic heterocycles. The van der Waals surface area contributed by atoms with Crippen LogP contribution in [0.25, 0.3) is 0 Å². The van der Waals surface area contributed by atoms with Gasteiger partial charge in [0.1, 0.15) is 0 Å². The normalized spacial score (nSPS) is 20.1. The second kappa shape index (κ2) is 9.26. The Hall–Kier alpha value is -0.810. The second-order valence-corrected chi connectivity index (χ2v) is 5.39. The van der Waals surface area contributed by atoms with E-state index in [2.05, 4.69) is 36.1 Å². The van der Waals surface area contributed by atoms with Gasteiger partial charge in [0.2, 0.25) is 5.91 Å². The zero-order valence-electron chi connectivity index (χ0n) is 12.6. The van der Waals surface area contributed by atoms with Crippen molar-refractivity contribution in [2.75, 3.05) is 19.6 Å². The summed E-state index contributed by atoms with van der Waals surface area (Å²) in [5, 5.41) is 0. The molecule has 1 aromatic carbocycles. The molecule has 1 aromatic rings. The molecule has 1 saturated heterocycles. The largest absolute Gasteiger partial charge is 0.336 e. The Morgan fingerprint density at radius 3 is 2.43 bits per heavy atom. The van der Waals surface area contributed by atoms with Crippen LogP contribution in [0.1, 0.15) is 19.4 Å². The van der Waals surface area contributed by atoms with Crippen molar-refractivity contribution >= 4 is 30.7 Å². The van der Waals surface area contributed by atoms with Crippen molar-refractivity contribution in [3.05, 3.63) is 35.9 Å². The van der Waals surface area contributed by atoms with Crippen molar-refractivity contribution in [1.29, 1.82) is 0 Å². The lowest BCUT2D eigenvalue weighted by Crippen LogP contribution is -2.56. The maximum Gasteiger partial charge on any atom is 0.239 e. The van der Waals surface area contributed by atoms with E-state index in [1.807, 2.05) is 11.0 Å². The van der Waals surface area contributed by atoms with Gasteiger partial charge in [0, 0.05) is 32.2 Å². The summed E-state index contributed by atoms with van der Waals surface area (Å²) < 4.78 is 0. The summed E-state index contributed by atoms with van der Waals surface area (Å²) in [6.07, 6.45) is 0. The number of rotatable bonds is 3. The average Bonchev–Trinajstić information content (AvgIpc) is 2.39. The molecule has 0 aliphatic carbocycles. The highest BCUT2D eigenvalue weighted by atomic mass is 35.5. The first-order valence-corrected chi connectivity index (χ1v) is 6.90. The number of piperazine rings is 1. The summed E-state index contributed by atoms with van der Waals surface area (Å²) in [5.74, 6) is 0.0619. The molecule has 2 atom stereocenters. The Bertz CT molecular complexity index is 428. The minimum absolute atomic E-state index is 0. The lowest BCUT2D eigenvalue weighted by molar-refractivity contribution is -0.136. The predicted octanol–water partition coefficient (Wildman–Crippen LogP) is 1.91.